The highest BCUT2D eigenvalue weighted by molar-refractivity contribution is 7.85. The second-order valence-corrected chi connectivity index (χ2v) is 7.93. The molecular weight excluding hydrogens is 408 g/mol. The fourth-order valence-corrected chi connectivity index (χ4v) is 2.97. The maximum Gasteiger partial charge on any atom is 0.294 e. The average Bonchev–Trinajstić information content (AvgIpc) is 2.69. The Kier molecular flexibility index (Phi) is 5.90. The Morgan fingerprint density at radius 2 is 1.43 bits per heavy atom. The van der Waals surface area contributed by atoms with Crippen LogP contribution in [0.5, 0.6) is 0 Å². The monoisotopic (exact) mass is 426 g/mol. The lowest BCUT2D eigenvalue weighted by molar-refractivity contribution is 0.483. The molecule has 0 saturated carbocycles. The Hall–Kier alpha value is -3.63. The van der Waals surface area contributed by atoms with Gasteiger partial charge in [0, 0.05) is 0 Å². The van der Waals surface area contributed by atoms with Crippen LogP contribution in [0.25, 0.3) is 0 Å². The molecule has 0 unspecified atom stereocenters. The summed E-state index contributed by atoms with van der Waals surface area (Å²) in [5.41, 5.74) is 7.25. The first kappa shape index (κ1) is 21.1. The Morgan fingerprint density at radius 1 is 0.800 bits per heavy atom. The molecule has 0 heterocycles. The van der Waals surface area contributed by atoms with Gasteiger partial charge in [0.1, 0.15) is 5.36 Å². The summed E-state index contributed by atoms with van der Waals surface area (Å²) in [5.74, 6) is 0. The predicted molar refractivity (Wildman–Crippen MR) is 112 cm³/mol. The van der Waals surface area contributed by atoms with E-state index in [-0.39, 0.29) is 15.6 Å². The molecule has 0 aliphatic rings. The largest absolute Gasteiger partial charge is 0.294 e. The number of benzene rings is 3. The van der Waals surface area contributed by atoms with Crippen molar-refractivity contribution in [2.45, 2.75) is 18.7 Å². The third-order valence-electron chi connectivity index (χ3n) is 4.34. The van der Waals surface area contributed by atoms with E-state index in [9.17, 15) is 18.0 Å². The molecule has 0 atom stereocenters. The summed E-state index contributed by atoms with van der Waals surface area (Å²) >= 11 is 0. The summed E-state index contributed by atoms with van der Waals surface area (Å²) in [4.78, 5) is 24.4. The van der Waals surface area contributed by atoms with Gasteiger partial charge in [-0.3, -0.25) is 25.0 Å². The molecular formula is C20H18N4O5S. The lowest BCUT2D eigenvalue weighted by Gasteiger charge is -2.03. The number of hydrogen-bond donors (Lipinski definition) is 3. The van der Waals surface area contributed by atoms with Crippen molar-refractivity contribution in [3.05, 3.63) is 96.9 Å². The zero-order chi connectivity index (χ0) is 21.9. The predicted octanol–water partition coefficient (Wildman–Crippen LogP) is 1.00. The standard InChI is InChI=1S/C20H18N4O5S/c1-12-3-4-15(11-13(12)2)22-24-19-18(25)10-9-17(20(19)26)23-21-14-5-7-16(8-6-14)30(27,28)29/h3-11,21-22H,1-2H3,(H,27,28,29)/b23-17+,24-19-. The van der Waals surface area contributed by atoms with Crippen LogP contribution >= 0.6 is 0 Å². The lowest BCUT2D eigenvalue weighted by atomic mass is 10.1. The average molecular weight is 426 g/mol. The lowest BCUT2D eigenvalue weighted by Crippen LogP contribution is -2.47. The molecule has 3 N–H and O–H groups in total. The molecule has 3 aromatic rings. The molecule has 10 heteroatoms. The van der Waals surface area contributed by atoms with Gasteiger partial charge in [0.05, 0.1) is 16.3 Å². The van der Waals surface area contributed by atoms with Crippen molar-refractivity contribution < 1.29 is 13.0 Å². The molecule has 3 aromatic carbocycles. The highest BCUT2D eigenvalue weighted by atomic mass is 32.2. The molecule has 0 saturated heterocycles. The summed E-state index contributed by atoms with van der Waals surface area (Å²) in [6.07, 6.45) is 0. The molecule has 0 bridgehead atoms. The zero-order valence-electron chi connectivity index (χ0n) is 16.1. The van der Waals surface area contributed by atoms with Crippen LogP contribution in [-0.4, -0.2) is 13.0 Å². The minimum atomic E-state index is -4.30. The number of rotatable bonds is 5. The third kappa shape index (κ3) is 4.85. The second kappa shape index (κ2) is 8.39. The maximum absolute atomic E-state index is 12.6. The van der Waals surface area contributed by atoms with Crippen molar-refractivity contribution in [2.24, 2.45) is 10.2 Å². The molecule has 154 valence electrons. The first-order valence-electron chi connectivity index (χ1n) is 8.74. The van der Waals surface area contributed by atoms with Crippen LogP contribution in [-0.2, 0) is 10.1 Å². The Labute approximate surface area is 171 Å². The maximum atomic E-state index is 12.6. The topological polar surface area (TPSA) is 137 Å². The number of anilines is 2. The SMILES string of the molecule is Cc1ccc(N/N=c2/c(=O)cc/c(=N\Nc3ccc(S(=O)(=O)O)cc3)c2=O)cc1C. The molecule has 0 fully saturated rings. The molecule has 0 aliphatic heterocycles. The van der Waals surface area contributed by atoms with Crippen molar-refractivity contribution in [1.82, 2.24) is 0 Å². The van der Waals surface area contributed by atoms with E-state index in [4.69, 9.17) is 4.55 Å². The molecule has 9 nitrogen and oxygen atoms in total. The fraction of sp³-hybridized carbons (Fsp3) is 0.100. The summed E-state index contributed by atoms with van der Waals surface area (Å²) in [6, 6.07) is 13.1. The molecule has 3 rings (SSSR count). The third-order valence-corrected chi connectivity index (χ3v) is 5.20. The normalized spacial score (nSPS) is 12.8. The minimum absolute atomic E-state index is 0.0471. The molecule has 0 amide bonds. The Balaban J connectivity index is 1.91. The van der Waals surface area contributed by atoms with Crippen molar-refractivity contribution in [3.8, 4) is 0 Å². The molecule has 0 aliphatic carbocycles. The zero-order valence-corrected chi connectivity index (χ0v) is 16.9. The Bertz CT molecular complexity index is 1420. The molecule has 0 aromatic heterocycles. The van der Waals surface area contributed by atoms with Crippen molar-refractivity contribution >= 4 is 21.5 Å². The van der Waals surface area contributed by atoms with Crippen molar-refractivity contribution in [3.63, 3.8) is 0 Å². The van der Waals surface area contributed by atoms with Gasteiger partial charge in [-0.15, -0.1) is 0 Å². The van der Waals surface area contributed by atoms with Crippen LogP contribution in [0.2, 0.25) is 0 Å². The van der Waals surface area contributed by atoms with Crippen LogP contribution < -0.4 is 32.4 Å². The highest BCUT2D eigenvalue weighted by Gasteiger charge is 2.08. The van der Waals surface area contributed by atoms with E-state index in [0.29, 0.717) is 11.4 Å². The van der Waals surface area contributed by atoms with Gasteiger partial charge in [-0.2, -0.15) is 18.6 Å². The number of nitrogens with one attached hydrogen (secondary N) is 2. The summed E-state index contributed by atoms with van der Waals surface area (Å²) in [6.45, 7) is 3.91. The van der Waals surface area contributed by atoms with E-state index in [0.717, 1.165) is 11.1 Å². The van der Waals surface area contributed by atoms with Crippen LogP contribution in [0.4, 0.5) is 11.4 Å². The van der Waals surface area contributed by atoms with Crippen molar-refractivity contribution in [1.29, 1.82) is 0 Å². The van der Waals surface area contributed by atoms with E-state index in [1.807, 2.05) is 26.0 Å². The van der Waals surface area contributed by atoms with Crippen LogP contribution in [0, 0.1) is 13.8 Å². The van der Waals surface area contributed by atoms with Crippen LogP contribution in [0.3, 0.4) is 0 Å². The van der Waals surface area contributed by atoms with Gasteiger partial charge in [-0.25, -0.2) is 0 Å². The van der Waals surface area contributed by atoms with E-state index in [1.54, 1.807) is 6.07 Å². The van der Waals surface area contributed by atoms with Crippen LogP contribution in [0.1, 0.15) is 11.1 Å². The van der Waals surface area contributed by atoms with Gasteiger partial charge < -0.3 is 0 Å². The van der Waals surface area contributed by atoms with Crippen molar-refractivity contribution in [2.75, 3.05) is 10.9 Å². The molecule has 0 radical (unpaired) electrons. The van der Waals surface area contributed by atoms with Gasteiger partial charge in [0.25, 0.3) is 10.1 Å². The van der Waals surface area contributed by atoms with Gasteiger partial charge in [0.2, 0.25) is 10.9 Å². The van der Waals surface area contributed by atoms with E-state index in [1.165, 1.54) is 36.4 Å². The van der Waals surface area contributed by atoms with Gasteiger partial charge in [-0.05, 0) is 73.5 Å². The number of aryl methyl sites for hydroxylation is 2. The van der Waals surface area contributed by atoms with Gasteiger partial charge >= 0.3 is 0 Å². The van der Waals surface area contributed by atoms with E-state index < -0.39 is 21.0 Å². The summed E-state index contributed by atoms with van der Waals surface area (Å²) in [5, 5.41) is 7.54. The second-order valence-electron chi connectivity index (χ2n) is 6.51. The smallest absolute Gasteiger partial charge is 0.287 e. The number of nitrogens with zero attached hydrogens (tertiary/aromatic N) is 2. The molecule has 0 spiro atoms. The fourth-order valence-electron chi connectivity index (χ4n) is 2.49. The van der Waals surface area contributed by atoms with Crippen LogP contribution in [0.15, 0.2) is 79.3 Å². The first-order chi connectivity index (χ1) is 14.1. The highest BCUT2D eigenvalue weighted by Crippen LogP contribution is 2.14. The van der Waals surface area contributed by atoms with Gasteiger partial charge in [-0.1, -0.05) is 6.07 Å². The Morgan fingerprint density at radius 3 is 2.07 bits per heavy atom. The van der Waals surface area contributed by atoms with E-state index >= 15 is 0 Å². The van der Waals surface area contributed by atoms with Gasteiger partial charge in [0.15, 0.2) is 5.36 Å². The summed E-state index contributed by atoms with van der Waals surface area (Å²) < 4.78 is 31.1. The minimum Gasteiger partial charge on any atom is -0.287 e. The quantitative estimate of drug-likeness (QED) is 0.409. The van der Waals surface area contributed by atoms with E-state index in [2.05, 4.69) is 21.1 Å². The number of hydrogen-bond acceptors (Lipinski definition) is 8. The molecule has 30 heavy (non-hydrogen) atoms. The summed E-state index contributed by atoms with van der Waals surface area (Å²) in [7, 11) is -4.30. The first-order valence-corrected chi connectivity index (χ1v) is 10.2.